The number of carboxylic acid groups (broad SMARTS) is 1. The second kappa shape index (κ2) is 6.25. The number of amides is 1. The Labute approximate surface area is 146 Å². The van der Waals surface area contributed by atoms with E-state index in [1.54, 1.807) is 6.07 Å². The topological polar surface area (TPSA) is 132 Å². The van der Waals surface area contributed by atoms with Crippen molar-refractivity contribution in [3.63, 3.8) is 0 Å². The highest BCUT2D eigenvalue weighted by Crippen LogP contribution is 2.25. The number of aromatic carboxylic acids is 1. The van der Waals surface area contributed by atoms with Crippen LogP contribution in [0.1, 0.15) is 20.7 Å². The molecule has 1 aromatic heterocycles. The number of ether oxygens (including phenoxy) is 1. The van der Waals surface area contributed by atoms with Crippen molar-refractivity contribution in [2.75, 3.05) is 7.11 Å². The summed E-state index contributed by atoms with van der Waals surface area (Å²) in [5.41, 5.74) is 4.96. The van der Waals surface area contributed by atoms with Gasteiger partial charge in [0.2, 0.25) is 11.3 Å². The lowest BCUT2D eigenvalue weighted by Crippen LogP contribution is -2.18. The lowest BCUT2D eigenvalue weighted by molar-refractivity contribution is 0.0695. The first-order valence-corrected chi connectivity index (χ1v) is 7.42. The average Bonchev–Trinajstić information content (AvgIpc) is 2.61. The van der Waals surface area contributed by atoms with Gasteiger partial charge in [0.15, 0.2) is 0 Å². The van der Waals surface area contributed by atoms with Crippen LogP contribution in [0.4, 0.5) is 0 Å². The number of phenols is 1. The van der Waals surface area contributed by atoms with Gasteiger partial charge >= 0.3 is 5.97 Å². The number of phenolic OH excluding ortho intramolecular Hbond substituents is 1. The molecule has 0 bridgehead atoms. The molecule has 0 atom stereocenters. The number of carbonyl (C=O) groups excluding carboxylic acids is 1. The van der Waals surface area contributed by atoms with E-state index in [0.29, 0.717) is 11.4 Å². The summed E-state index contributed by atoms with van der Waals surface area (Å²) in [7, 11) is 1.40. The van der Waals surface area contributed by atoms with Crippen molar-refractivity contribution >= 4 is 22.8 Å². The van der Waals surface area contributed by atoms with Crippen LogP contribution in [0.2, 0.25) is 0 Å². The minimum atomic E-state index is -1.39. The first kappa shape index (κ1) is 17.0. The number of pyridine rings is 1. The van der Waals surface area contributed by atoms with Crippen LogP contribution in [0.25, 0.3) is 16.6 Å². The Bertz CT molecular complexity index is 1120. The molecule has 4 N–H and O–H groups in total. The second-order valence-corrected chi connectivity index (χ2v) is 5.53. The Hall–Kier alpha value is -3.81. The summed E-state index contributed by atoms with van der Waals surface area (Å²) in [5.74, 6) is -1.87. The maximum atomic E-state index is 12.4. The van der Waals surface area contributed by atoms with Crippen LogP contribution in [-0.2, 0) is 0 Å². The van der Waals surface area contributed by atoms with Crippen molar-refractivity contribution < 1.29 is 24.5 Å². The summed E-state index contributed by atoms with van der Waals surface area (Å²) >= 11 is 0. The van der Waals surface area contributed by atoms with E-state index in [4.69, 9.17) is 10.5 Å². The number of nitrogens with zero attached hydrogens (tertiary/aromatic N) is 1. The van der Waals surface area contributed by atoms with Gasteiger partial charge in [-0.15, -0.1) is 0 Å². The fourth-order valence-electron chi connectivity index (χ4n) is 2.66. The molecule has 0 saturated carbocycles. The fraction of sp³-hybridized carbons (Fsp3) is 0.0556. The number of methoxy groups -OCH3 is 1. The third kappa shape index (κ3) is 2.84. The second-order valence-electron chi connectivity index (χ2n) is 5.53. The SMILES string of the molecule is COc1cc(C(N)=O)cc(-n2cc(C(=O)O)c(=O)c3ccc(O)cc32)c1. The van der Waals surface area contributed by atoms with Crippen molar-refractivity contribution in [3.05, 3.63) is 63.9 Å². The highest BCUT2D eigenvalue weighted by molar-refractivity contribution is 5.95. The first-order valence-electron chi connectivity index (χ1n) is 7.42. The normalized spacial score (nSPS) is 10.7. The molecular formula is C18H14N2O6. The molecule has 0 fully saturated rings. The van der Waals surface area contributed by atoms with E-state index in [0.717, 1.165) is 6.20 Å². The van der Waals surface area contributed by atoms with E-state index in [2.05, 4.69) is 0 Å². The van der Waals surface area contributed by atoms with Crippen molar-refractivity contribution in [2.45, 2.75) is 0 Å². The molecule has 0 aliphatic carbocycles. The molecular weight excluding hydrogens is 340 g/mol. The summed E-state index contributed by atoms with van der Waals surface area (Å²) in [4.78, 5) is 35.4. The van der Waals surface area contributed by atoms with E-state index >= 15 is 0 Å². The van der Waals surface area contributed by atoms with Gasteiger partial charge in [-0.2, -0.15) is 0 Å². The summed E-state index contributed by atoms with van der Waals surface area (Å²) in [6.07, 6.45) is 1.13. The predicted molar refractivity (Wildman–Crippen MR) is 93.2 cm³/mol. The highest BCUT2D eigenvalue weighted by atomic mass is 16.5. The van der Waals surface area contributed by atoms with Crippen LogP contribution in [-0.4, -0.2) is 33.8 Å². The summed E-state index contributed by atoms with van der Waals surface area (Å²) in [6, 6.07) is 8.37. The van der Waals surface area contributed by atoms with Gasteiger partial charge < -0.3 is 25.3 Å². The number of carboxylic acids is 1. The molecule has 0 unspecified atom stereocenters. The number of carbonyl (C=O) groups is 2. The van der Waals surface area contributed by atoms with E-state index in [9.17, 15) is 24.6 Å². The number of rotatable bonds is 4. The molecule has 0 aliphatic rings. The van der Waals surface area contributed by atoms with Crippen LogP contribution in [0.15, 0.2) is 47.4 Å². The van der Waals surface area contributed by atoms with Crippen LogP contribution in [0.3, 0.4) is 0 Å². The molecule has 3 aromatic rings. The lowest BCUT2D eigenvalue weighted by Gasteiger charge is -2.15. The maximum Gasteiger partial charge on any atom is 0.341 e. The molecule has 0 radical (unpaired) electrons. The van der Waals surface area contributed by atoms with Crippen LogP contribution in [0.5, 0.6) is 11.5 Å². The van der Waals surface area contributed by atoms with Crippen molar-refractivity contribution in [3.8, 4) is 17.2 Å². The highest BCUT2D eigenvalue weighted by Gasteiger charge is 2.17. The van der Waals surface area contributed by atoms with Crippen molar-refractivity contribution in [1.82, 2.24) is 4.57 Å². The van der Waals surface area contributed by atoms with Gasteiger partial charge in [-0.1, -0.05) is 0 Å². The predicted octanol–water partition coefficient (Wildman–Crippen LogP) is 1.50. The van der Waals surface area contributed by atoms with E-state index in [-0.39, 0.29) is 22.2 Å². The van der Waals surface area contributed by atoms with Gasteiger partial charge in [-0.05, 0) is 24.3 Å². The zero-order chi connectivity index (χ0) is 19.0. The summed E-state index contributed by atoms with van der Waals surface area (Å²) < 4.78 is 6.54. The zero-order valence-electron chi connectivity index (χ0n) is 13.6. The third-order valence-electron chi connectivity index (χ3n) is 3.91. The number of benzene rings is 2. The van der Waals surface area contributed by atoms with Crippen molar-refractivity contribution in [2.24, 2.45) is 5.73 Å². The molecule has 132 valence electrons. The quantitative estimate of drug-likeness (QED) is 0.650. The summed E-state index contributed by atoms with van der Waals surface area (Å²) in [6.45, 7) is 0. The van der Waals surface area contributed by atoms with E-state index < -0.39 is 22.9 Å². The number of aromatic hydroxyl groups is 1. The Kier molecular flexibility index (Phi) is 4.09. The molecule has 8 heteroatoms. The molecule has 0 saturated heterocycles. The largest absolute Gasteiger partial charge is 0.508 e. The fourth-order valence-corrected chi connectivity index (χ4v) is 2.66. The third-order valence-corrected chi connectivity index (χ3v) is 3.91. The maximum absolute atomic E-state index is 12.4. The Balaban J connectivity index is 2.45. The van der Waals surface area contributed by atoms with Crippen molar-refractivity contribution in [1.29, 1.82) is 0 Å². The van der Waals surface area contributed by atoms with E-state index in [1.807, 2.05) is 0 Å². The molecule has 8 nitrogen and oxygen atoms in total. The van der Waals surface area contributed by atoms with Gasteiger partial charge in [0, 0.05) is 29.3 Å². The molecule has 3 rings (SSSR count). The first-order chi connectivity index (χ1) is 12.3. The minimum Gasteiger partial charge on any atom is -0.508 e. The molecule has 1 heterocycles. The summed E-state index contributed by atoms with van der Waals surface area (Å²) in [5, 5.41) is 19.2. The molecule has 2 aromatic carbocycles. The number of nitrogens with two attached hydrogens (primary N) is 1. The van der Waals surface area contributed by atoms with Gasteiger partial charge in [0.1, 0.15) is 17.1 Å². The van der Waals surface area contributed by atoms with Crippen LogP contribution in [0, 0.1) is 0 Å². The van der Waals surface area contributed by atoms with Gasteiger partial charge in [-0.25, -0.2) is 4.79 Å². The molecule has 1 amide bonds. The average molecular weight is 354 g/mol. The molecule has 0 spiro atoms. The van der Waals surface area contributed by atoms with E-state index in [1.165, 1.54) is 42.0 Å². The number of primary amides is 1. The number of aromatic nitrogens is 1. The standard InChI is InChI=1S/C18H14N2O6/c1-26-12-5-9(17(19)23)4-10(6-12)20-8-14(18(24)25)16(22)13-3-2-11(21)7-15(13)20/h2-8,21H,1H3,(H2,19,23)(H,24,25). The smallest absolute Gasteiger partial charge is 0.341 e. The molecule has 0 aliphatic heterocycles. The van der Waals surface area contributed by atoms with Crippen LogP contribution >= 0.6 is 0 Å². The number of fused-ring (bicyclic) bond motifs is 1. The van der Waals surface area contributed by atoms with Crippen LogP contribution < -0.4 is 15.9 Å². The lowest BCUT2D eigenvalue weighted by atomic mass is 10.1. The number of hydrogen-bond donors (Lipinski definition) is 3. The van der Waals surface area contributed by atoms with Gasteiger partial charge in [-0.3, -0.25) is 9.59 Å². The van der Waals surface area contributed by atoms with Gasteiger partial charge in [0.05, 0.1) is 18.3 Å². The zero-order valence-corrected chi connectivity index (χ0v) is 13.6. The van der Waals surface area contributed by atoms with Gasteiger partial charge in [0.25, 0.3) is 0 Å². The minimum absolute atomic E-state index is 0.103. The molecule has 26 heavy (non-hydrogen) atoms. The Morgan fingerprint density at radius 2 is 1.88 bits per heavy atom. The number of hydrogen-bond acceptors (Lipinski definition) is 5. The monoisotopic (exact) mass is 354 g/mol. The Morgan fingerprint density at radius 3 is 2.50 bits per heavy atom. The Morgan fingerprint density at radius 1 is 1.15 bits per heavy atom.